The summed E-state index contributed by atoms with van der Waals surface area (Å²) >= 11 is 1.73. The molecule has 0 unspecified atom stereocenters. The van der Waals surface area contributed by atoms with Crippen molar-refractivity contribution in [1.29, 1.82) is 0 Å². The summed E-state index contributed by atoms with van der Waals surface area (Å²) in [6.45, 7) is 5.17. The number of hydrogen-bond donors (Lipinski definition) is 1. The largest absolute Gasteiger partial charge is 0.507 e. The fourth-order valence-corrected chi connectivity index (χ4v) is 8.59. The van der Waals surface area contributed by atoms with Crippen molar-refractivity contribution < 1.29 is 9.84 Å². The van der Waals surface area contributed by atoms with Crippen molar-refractivity contribution in [2.75, 3.05) is 0 Å². The van der Waals surface area contributed by atoms with E-state index in [9.17, 15) is 5.11 Å². The van der Waals surface area contributed by atoms with Gasteiger partial charge in [-0.1, -0.05) is 124 Å². The van der Waals surface area contributed by atoms with Crippen LogP contribution in [-0.2, 0) is 19.4 Å². The minimum absolute atomic E-state index is 0.350. The Labute approximate surface area is 288 Å². The molecule has 0 saturated carbocycles. The number of aromatic hydroxyl groups is 1. The van der Waals surface area contributed by atoms with E-state index in [0.717, 1.165) is 33.5 Å². The maximum atomic E-state index is 9.37. The smallest absolute Gasteiger partial charge is 0.140 e. The van der Waals surface area contributed by atoms with Gasteiger partial charge in [0.15, 0.2) is 0 Å². The first-order valence-electron chi connectivity index (χ1n) is 17.7. The van der Waals surface area contributed by atoms with Gasteiger partial charge in [0.2, 0.25) is 0 Å². The molecule has 3 nitrogen and oxygen atoms in total. The molecule has 1 aliphatic carbocycles. The number of aromatic nitrogens is 1. The number of unbranched alkanes of at least 4 members (excludes halogenated alkanes) is 2. The van der Waals surface area contributed by atoms with Gasteiger partial charge in [-0.25, -0.2) is 4.98 Å². The SMILES string of the molecule is CCCCC1(CCCC)CCc2c(ccc3c2c(OCc2nc4ccccc4s2)cc2ccccc23)C1.Oc1cccc2ccccc12. The van der Waals surface area contributed by atoms with Crippen LogP contribution in [-0.4, -0.2) is 10.1 Å². The summed E-state index contributed by atoms with van der Waals surface area (Å²) in [6, 6.07) is 37.5. The van der Waals surface area contributed by atoms with E-state index < -0.39 is 0 Å². The number of benzene rings is 6. The summed E-state index contributed by atoms with van der Waals surface area (Å²) < 4.78 is 7.86. The predicted molar refractivity (Wildman–Crippen MR) is 205 cm³/mol. The molecular formula is C44H45NO2S. The number of thiazole rings is 1. The van der Waals surface area contributed by atoms with Gasteiger partial charge in [0, 0.05) is 10.8 Å². The Hall–Kier alpha value is -4.41. The summed E-state index contributed by atoms with van der Waals surface area (Å²) in [6.07, 6.45) is 11.6. The number of hydrogen-bond acceptors (Lipinski definition) is 4. The van der Waals surface area contributed by atoms with E-state index in [1.807, 2.05) is 36.4 Å². The van der Waals surface area contributed by atoms with Gasteiger partial charge < -0.3 is 9.84 Å². The fourth-order valence-electron chi connectivity index (χ4n) is 7.71. The summed E-state index contributed by atoms with van der Waals surface area (Å²) in [4.78, 5) is 4.83. The molecule has 6 aromatic carbocycles. The van der Waals surface area contributed by atoms with Crippen LogP contribution in [0.3, 0.4) is 0 Å². The molecule has 0 fully saturated rings. The van der Waals surface area contributed by atoms with Crippen LogP contribution >= 0.6 is 11.3 Å². The third-order valence-electron chi connectivity index (χ3n) is 10.2. The standard InChI is InChI=1S/C34H37NOS.C10H8O/c1-3-5-18-34(19-6-4-2)20-17-27-25(22-34)15-16-28-26-12-8-7-11-24(26)21-30(33(27)28)36-23-32-35-29-13-9-10-14-31(29)37-32;11-10-7-3-5-8-4-1-2-6-9(8)10/h7-16,21H,3-6,17-20,22-23H2,1-2H3;1-7,11H. The van der Waals surface area contributed by atoms with E-state index in [0.29, 0.717) is 17.8 Å². The number of nitrogens with zero attached hydrogens (tertiary/aromatic N) is 1. The van der Waals surface area contributed by atoms with Gasteiger partial charge >= 0.3 is 0 Å². The molecule has 0 amide bonds. The van der Waals surface area contributed by atoms with Gasteiger partial charge in [0.05, 0.1) is 10.2 Å². The average Bonchev–Trinajstić information content (AvgIpc) is 3.55. The Balaban J connectivity index is 0.000000280. The van der Waals surface area contributed by atoms with Crippen LogP contribution in [0.1, 0.15) is 74.9 Å². The molecule has 1 heterocycles. The number of ether oxygens (including phenoxy) is 1. The molecule has 0 saturated heterocycles. The van der Waals surface area contributed by atoms with Crippen LogP contribution in [0.15, 0.2) is 109 Å². The first-order valence-corrected chi connectivity index (χ1v) is 18.5. The van der Waals surface area contributed by atoms with E-state index >= 15 is 0 Å². The van der Waals surface area contributed by atoms with Crippen molar-refractivity contribution in [3.8, 4) is 11.5 Å². The summed E-state index contributed by atoms with van der Waals surface area (Å²) in [7, 11) is 0. The molecule has 1 N–H and O–H groups in total. The molecule has 0 aliphatic heterocycles. The number of aryl methyl sites for hydroxylation is 1. The van der Waals surface area contributed by atoms with E-state index in [1.54, 1.807) is 23.0 Å². The molecule has 8 rings (SSSR count). The average molecular weight is 652 g/mol. The number of fused-ring (bicyclic) bond motifs is 7. The number of para-hydroxylation sites is 1. The Kier molecular flexibility index (Phi) is 9.63. The molecule has 0 radical (unpaired) electrons. The van der Waals surface area contributed by atoms with Crippen molar-refractivity contribution in [2.24, 2.45) is 5.41 Å². The lowest BCUT2D eigenvalue weighted by molar-refractivity contribution is 0.193. The monoisotopic (exact) mass is 651 g/mol. The molecule has 0 bridgehead atoms. The third-order valence-corrected chi connectivity index (χ3v) is 11.3. The van der Waals surface area contributed by atoms with Crippen molar-refractivity contribution in [3.63, 3.8) is 0 Å². The maximum Gasteiger partial charge on any atom is 0.140 e. The fraction of sp³-hybridized carbons (Fsp3) is 0.295. The molecular weight excluding hydrogens is 607 g/mol. The van der Waals surface area contributed by atoms with E-state index in [1.165, 1.54) is 83.2 Å². The minimum atomic E-state index is 0.350. The first kappa shape index (κ1) is 32.2. The van der Waals surface area contributed by atoms with Crippen LogP contribution < -0.4 is 4.74 Å². The van der Waals surface area contributed by atoms with Crippen LogP contribution in [0.25, 0.3) is 42.5 Å². The highest BCUT2D eigenvalue weighted by Crippen LogP contribution is 2.47. The molecule has 244 valence electrons. The maximum absolute atomic E-state index is 9.37. The quantitative estimate of drug-likeness (QED) is 0.158. The van der Waals surface area contributed by atoms with Crippen LogP contribution in [0, 0.1) is 5.41 Å². The minimum Gasteiger partial charge on any atom is -0.507 e. The molecule has 1 aliphatic rings. The topological polar surface area (TPSA) is 42.4 Å². The van der Waals surface area contributed by atoms with Gasteiger partial charge in [-0.15, -0.1) is 11.3 Å². The van der Waals surface area contributed by atoms with Gasteiger partial charge in [0.1, 0.15) is 23.1 Å². The van der Waals surface area contributed by atoms with Crippen LogP contribution in [0.4, 0.5) is 0 Å². The number of phenolic OH excluding ortho intramolecular Hbond substituents is 1. The first-order chi connectivity index (χ1) is 23.6. The molecule has 7 aromatic rings. The normalized spacial score (nSPS) is 13.8. The van der Waals surface area contributed by atoms with Gasteiger partial charge in [-0.3, -0.25) is 0 Å². The summed E-state index contributed by atoms with van der Waals surface area (Å²) in [5.74, 6) is 1.36. The summed E-state index contributed by atoms with van der Waals surface area (Å²) in [5, 5.41) is 17.6. The Morgan fingerprint density at radius 2 is 1.46 bits per heavy atom. The van der Waals surface area contributed by atoms with Crippen molar-refractivity contribution in [2.45, 2.75) is 78.2 Å². The lowest BCUT2D eigenvalue weighted by Gasteiger charge is -2.39. The number of phenols is 1. The Morgan fingerprint density at radius 3 is 2.23 bits per heavy atom. The molecule has 0 spiro atoms. The van der Waals surface area contributed by atoms with Gasteiger partial charge in [-0.2, -0.15) is 0 Å². The number of rotatable bonds is 9. The molecule has 4 heteroatoms. The van der Waals surface area contributed by atoms with E-state index in [2.05, 4.69) is 80.6 Å². The molecule has 0 atom stereocenters. The Bertz CT molecular complexity index is 2130. The van der Waals surface area contributed by atoms with E-state index in [-0.39, 0.29) is 0 Å². The van der Waals surface area contributed by atoms with Crippen molar-refractivity contribution in [1.82, 2.24) is 4.98 Å². The predicted octanol–water partition coefficient (Wildman–Crippen LogP) is 12.6. The summed E-state index contributed by atoms with van der Waals surface area (Å²) in [5.41, 5.74) is 4.59. The van der Waals surface area contributed by atoms with Crippen LogP contribution in [0.2, 0.25) is 0 Å². The third kappa shape index (κ3) is 6.64. The van der Waals surface area contributed by atoms with E-state index in [4.69, 9.17) is 9.72 Å². The second-order valence-corrected chi connectivity index (χ2v) is 14.6. The molecule has 48 heavy (non-hydrogen) atoms. The van der Waals surface area contributed by atoms with Gasteiger partial charge in [-0.05, 0) is 94.5 Å². The highest BCUT2D eigenvalue weighted by Gasteiger charge is 2.34. The van der Waals surface area contributed by atoms with Crippen molar-refractivity contribution in [3.05, 3.63) is 125 Å². The van der Waals surface area contributed by atoms with Crippen LogP contribution in [0.5, 0.6) is 11.5 Å². The lowest BCUT2D eigenvalue weighted by atomic mass is 9.65. The van der Waals surface area contributed by atoms with Gasteiger partial charge in [0.25, 0.3) is 0 Å². The Morgan fingerprint density at radius 1 is 0.750 bits per heavy atom. The highest BCUT2D eigenvalue weighted by atomic mass is 32.1. The lowest BCUT2D eigenvalue weighted by Crippen LogP contribution is -2.29. The molecule has 1 aromatic heterocycles. The van der Waals surface area contributed by atoms with Crippen molar-refractivity contribution >= 4 is 53.9 Å². The second kappa shape index (κ2) is 14.4. The zero-order valence-corrected chi connectivity index (χ0v) is 29.0. The second-order valence-electron chi connectivity index (χ2n) is 13.5. The highest BCUT2D eigenvalue weighted by molar-refractivity contribution is 7.18. The zero-order valence-electron chi connectivity index (χ0n) is 28.2. The zero-order chi connectivity index (χ0) is 32.9.